The third-order valence-electron chi connectivity index (χ3n) is 2.41. The van der Waals surface area contributed by atoms with Crippen molar-refractivity contribution in [2.24, 2.45) is 0 Å². The number of non-ortho nitro benzene ring substituents is 1. The molecular weight excluding hydrogens is 210 g/mol. The van der Waals surface area contributed by atoms with Crippen LogP contribution in [-0.4, -0.2) is 18.6 Å². The second kappa shape index (κ2) is 4.22. The molecule has 0 radical (unpaired) electrons. The maximum absolute atomic E-state index is 10.7. The molecule has 0 bridgehead atoms. The highest BCUT2D eigenvalue weighted by molar-refractivity contribution is 5.73. The quantitative estimate of drug-likeness (QED) is 0.437. The van der Waals surface area contributed by atoms with E-state index in [1.807, 2.05) is 0 Å². The first-order valence-corrected chi connectivity index (χ1v) is 4.86. The Balaban J connectivity index is 2.48. The predicted molar refractivity (Wildman–Crippen MR) is 58.2 cm³/mol. The Morgan fingerprint density at radius 1 is 1.56 bits per heavy atom. The molecule has 84 valence electrons. The lowest BCUT2D eigenvalue weighted by Crippen LogP contribution is -2.08. The van der Waals surface area contributed by atoms with E-state index in [1.54, 1.807) is 19.4 Å². The number of hydrogen-bond donors (Lipinski definition) is 0. The summed E-state index contributed by atoms with van der Waals surface area (Å²) in [5.74, 6) is 0.667. The number of nitro groups is 1. The van der Waals surface area contributed by atoms with Gasteiger partial charge in [0, 0.05) is 29.7 Å². The number of benzene rings is 1. The van der Waals surface area contributed by atoms with E-state index >= 15 is 0 Å². The number of ether oxygens (including phenoxy) is 2. The molecule has 1 aromatic rings. The Morgan fingerprint density at radius 3 is 3.06 bits per heavy atom. The van der Waals surface area contributed by atoms with Gasteiger partial charge in [-0.2, -0.15) is 0 Å². The molecule has 0 spiro atoms. The van der Waals surface area contributed by atoms with Crippen molar-refractivity contribution in [3.8, 4) is 5.75 Å². The van der Waals surface area contributed by atoms with Gasteiger partial charge in [-0.3, -0.25) is 10.1 Å². The molecule has 0 N–H and O–H groups in total. The van der Waals surface area contributed by atoms with Gasteiger partial charge in [0.2, 0.25) is 0 Å². The van der Waals surface area contributed by atoms with Crippen LogP contribution < -0.4 is 4.74 Å². The first kappa shape index (κ1) is 10.5. The van der Waals surface area contributed by atoms with Crippen LogP contribution >= 0.6 is 0 Å². The van der Waals surface area contributed by atoms with Gasteiger partial charge < -0.3 is 9.47 Å². The van der Waals surface area contributed by atoms with Crippen molar-refractivity contribution in [1.29, 1.82) is 0 Å². The van der Waals surface area contributed by atoms with Crippen molar-refractivity contribution in [1.82, 2.24) is 0 Å². The lowest BCUT2D eigenvalue weighted by molar-refractivity contribution is -0.384. The fourth-order valence-corrected chi connectivity index (χ4v) is 1.68. The van der Waals surface area contributed by atoms with Crippen molar-refractivity contribution in [2.75, 3.05) is 13.7 Å². The number of rotatable bonds is 2. The second-order valence-electron chi connectivity index (χ2n) is 3.41. The van der Waals surface area contributed by atoms with Gasteiger partial charge in [-0.05, 0) is 6.07 Å². The molecule has 16 heavy (non-hydrogen) atoms. The van der Waals surface area contributed by atoms with Gasteiger partial charge in [-0.1, -0.05) is 0 Å². The lowest BCUT2D eigenvalue weighted by atomic mass is 10.0. The minimum absolute atomic E-state index is 0.0613. The van der Waals surface area contributed by atoms with Gasteiger partial charge in [0.25, 0.3) is 5.69 Å². The maximum Gasteiger partial charge on any atom is 0.270 e. The summed E-state index contributed by atoms with van der Waals surface area (Å²) in [7, 11) is 1.56. The van der Waals surface area contributed by atoms with E-state index < -0.39 is 4.92 Å². The summed E-state index contributed by atoms with van der Waals surface area (Å²) in [5.41, 5.74) is 1.72. The third-order valence-corrected chi connectivity index (χ3v) is 2.41. The fraction of sp³-hybridized carbons (Fsp3) is 0.273. The van der Waals surface area contributed by atoms with Crippen molar-refractivity contribution in [3.05, 3.63) is 40.1 Å². The minimum Gasteiger partial charge on any atom is -0.504 e. The SMILES string of the molecule is COC=C1CCOc2ccc([N+](=O)[O-])cc21. The molecule has 1 heterocycles. The Bertz CT molecular complexity index is 453. The van der Waals surface area contributed by atoms with E-state index in [4.69, 9.17) is 9.47 Å². The molecule has 0 atom stereocenters. The molecule has 0 fully saturated rings. The van der Waals surface area contributed by atoms with Crippen molar-refractivity contribution < 1.29 is 14.4 Å². The van der Waals surface area contributed by atoms with Gasteiger partial charge in [0.1, 0.15) is 5.75 Å². The lowest BCUT2D eigenvalue weighted by Gasteiger charge is -2.19. The zero-order chi connectivity index (χ0) is 11.5. The number of nitro benzene ring substituents is 1. The van der Waals surface area contributed by atoms with Crippen LogP contribution in [-0.2, 0) is 4.74 Å². The van der Waals surface area contributed by atoms with Crippen LogP contribution in [0.5, 0.6) is 5.75 Å². The van der Waals surface area contributed by atoms with E-state index in [0.717, 1.165) is 11.1 Å². The molecule has 5 heteroatoms. The number of methoxy groups -OCH3 is 1. The van der Waals surface area contributed by atoms with E-state index in [2.05, 4.69) is 0 Å². The molecular formula is C11H11NO4. The number of fused-ring (bicyclic) bond motifs is 1. The molecule has 0 aliphatic carbocycles. The fourth-order valence-electron chi connectivity index (χ4n) is 1.68. The summed E-state index contributed by atoms with van der Waals surface area (Å²) in [6.07, 6.45) is 2.30. The molecule has 5 nitrogen and oxygen atoms in total. The van der Waals surface area contributed by atoms with Crippen LogP contribution in [0.15, 0.2) is 24.5 Å². The van der Waals surface area contributed by atoms with Crippen LogP contribution in [0.1, 0.15) is 12.0 Å². The first-order valence-electron chi connectivity index (χ1n) is 4.86. The third kappa shape index (κ3) is 1.84. The van der Waals surface area contributed by atoms with Gasteiger partial charge in [-0.15, -0.1) is 0 Å². The average molecular weight is 221 g/mol. The molecule has 0 amide bonds. The van der Waals surface area contributed by atoms with E-state index in [1.165, 1.54) is 12.1 Å². The molecule has 0 aromatic heterocycles. The van der Waals surface area contributed by atoms with Crippen LogP contribution in [0.2, 0.25) is 0 Å². The maximum atomic E-state index is 10.7. The highest BCUT2D eigenvalue weighted by Crippen LogP contribution is 2.35. The van der Waals surface area contributed by atoms with E-state index in [0.29, 0.717) is 18.8 Å². The van der Waals surface area contributed by atoms with Crippen molar-refractivity contribution >= 4 is 11.3 Å². The molecule has 0 saturated heterocycles. The van der Waals surface area contributed by atoms with Gasteiger partial charge >= 0.3 is 0 Å². The Kier molecular flexibility index (Phi) is 2.76. The largest absolute Gasteiger partial charge is 0.504 e. The molecule has 1 aromatic carbocycles. The highest BCUT2D eigenvalue weighted by Gasteiger charge is 2.19. The summed E-state index contributed by atoms with van der Waals surface area (Å²) in [5, 5.41) is 10.7. The smallest absolute Gasteiger partial charge is 0.270 e. The van der Waals surface area contributed by atoms with Crippen LogP contribution in [0.4, 0.5) is 5.69 Å². The number of nitrogens with zero attached hydrogens (tertiary/aromatic N) is 1. The summed E-state index contributed by atoms with van der Waals surface area (Å²) >= 11 is 0. The highest BCUT2D eigenvalue weighted by atomic mass is 16.6. The van der Waals surface area contributed by atoms with E-state index in [9.17, 15) is 10.1 Å². The molecule has 0 unspecified atom stereocenters. The van der Waals surface area contributed by atoms with Crippen molar-refractivity contribution in [2.45, 2.75) is 6.42 Å². The first-order chi connectivity index (χ1) is 7.72. The zero-order valence-electron chi connectivity index (χ0n) is 8.80. The van der Waals surface area contributed by atoms with Crippen LogP contribution in [0.3, 0.4) is 0 Å². The van der Waals surface area contributed by atoms with Crippen LogP contribution in [0.25, 0.3) is 5.57 Å². The molecule has 1 aliphatic rings. The average Bonchev–Trinajstić information content (AvgIpc) is 2.29. The van der Waals surface area contributed by atoms with Gasteiger partial charge in [0.15, 0.2) is 0 Å². The normalized spacial score (nSPS) is 16.4. The van der Waals surface area contributed by atoms with Crippen molar-refractivity contribution in [3.63, 3.8) is 0 Å². The topological polar surface area (TPSA) is 61.6 Å². The summed E-state index contributed by atoms with van der Waals surface area (Å²) < 4.78 is 10.4. The standard InChI is InChI=1S/C11H11NO4/c1-15-7-8-4-5-16-11-3-2-9(12(13)14)6-10(8)11/h2-3,6-7H,4-5H2,1H3. The van der Waals surface area contributed by atoms with Gasteiger partial charge in [-0.25, -0.2) is 0 Å². The van der Waals surface area contributed by atoms with Crippen LogP contribution in [0, 0.1) is 10.1 Å². The van der Waals surface area contributed by atoms with Gasteiger partial charge in [0.05, 0.1) is 24.9 Å². The molecule has 2 rings (SSSR count). The Morgan fingerprint density at radius 2 is 2.38 bits per heavy atom. The summed E-state index contributed by atoms with van der Waals surface area (Å²) in [6, 6.07) is 4.57. The predicted octanol–water partition coefficient (Wildman–Crippen LogP) is 2.36. The summed E-state index contributed by atoms with van der Waals surface area (Å²) in [4.78, 5) is 10.2. The van der Waals surface area contributed by atoms with E-state index in [-0.39, 0.29) is 5.69 Å². The number of hydrogen-bond acceptors (Lipinski definition) is 4. The summed E-state index contributed by atoms with van der Waals surface area (Å²) in [6.45, 7) is 0.569. The molecule has 0 saturated carbocycles. The second-order valence-corrected chi connectivity index (χ2v) is 3.41. The zero-order valence-corrected chi connectivity index (χ0v) is 8.80. The molecule has 1 aliphatic heterocycles. The Hall–Kier alpha value is -2.04. The monoisotopic (exact) mass is 221 g/mol. The Labute approximate surface area is 92.4 Å². The minimum atomic E-state index is -0.417.